The summed E-state index contributed by atoms with van der Waals surface area (Å²) < 4.78 is 0. The predicted octanol–water partition coefficient (Wildman–Crippen LogP) is 4.91. The zero-order valence-electron chi connectivity index (χ0n) is 10.1. The first-order chi connectivity index (χ1) is 7.34. The minimum atomic E-state index is 1.23. The highest BCUT2D eigenvalue weighted by molar-refractivity contribution is 5.31. The van der Waals surface area contributed by atoms with Gasteiger partial charge in [-0.05, 0) is 30.9 Å². The van der Waals surface area contributed by atoms with E-state index in [1.54, 1.807) is 0 Å². The zero-order valence-corrected chi connectivity index (χ0v) is 10.1. The van der Waals surface area contributed by atoms with E-state index in [0.29, 0.717) is 0 Å². The van der Waals surface area contributed by atoms with Crippen molar-refractivity contribution in [2.24, 2.45) is 0 Å². The summed E-state index contributed by atoms with van der Waals surface area (Å²) in [5.74, 6) is 0. The van der Waals surface area contributed by atoms with Gasteiger partial charge in [0.2, 0.25) is 0 Å². The molecule has 0 unspecified atom stereocenters. The van der Waals surface area contributed by atoms with Gasteiger partial charge in [-0.3, -0.25) is 0 Å². The van der Waals surface area contributed by atoms with E-state index in [2.05, 4.69) is 44.5 Å². The lowest BCUT2D eigenvalue weighted by Crippen LogP contribution is -1.87. The molecule has 0 heteroatoms. The van der Waals surface area contributed by atoms with Crippen LogP contribution in [0.25, 0.3) is 0 Å². The summed E-state index contributed by atoms with van der Waals surface area (Å²) in [7, 11) is 0. The molecule has 0 bridgehead atoms. The van der Waals surface area contributed by atoms with Crippen molar-refractivity contribution in [3.63, 3.8) is 0 Å². The van der Waals surface area contributed by atoms with Crippen molar-refractivity contribution >= 4 is 0 Å². The molecule has 15 heavy (non-hydrogen) atoms. The van der Waals surface area contributed by atoms with E-state index in [0.717, 1.165) is 0 Å². The van der Waals surface area contributed by atoms with Crippen LogP contribution in [0.1, 0.15) is 56.6 Å². The van der Waals surface area contributed by atoms with Crippen LogP contribution >= 0.6 is 0 Å². The van der Waals surface area contributed by atoms with E-state index < -0.39 is 0 Å². The van der Waals surface area contributed by atoms with Gasteiger partial charge in [-0.25, -0.2) is 0 Å². The summed E-state index contributed by atoms with van der Waals surface area (Å²) >= 11 is 0. The van der Waals surface area contributed by atoms with Gasteiger partial charge in [0.05, 0.1) is 0 Å². The molecule has 1 aromatic rings. The van der Waals surface area contributed by atoms with Gasteiger partial charge in [-0.1, -0.05) is 63.3 Å². The molecule has 0 aromatic heterocycles. The Morgan fingerprint density at radius 1 is 1.00 bits per heavy atom. The first-order valence-corrected chi connectivity index (χ1v) is 6.23. The summed E-state index contributed by atoms with van der Waals surface area (Å²) in [5, 5.41) is 0. The van der Waals surface area contributed by atoms with Crippen molar-refractivity contribution in [3.05, 3.63) is 41.8 Å². The fourth-order valence-corrected chi connectivity index (χ4v) is 1.82. The molecule has 1 radical (unpaired) electrons. The molecule has 0 N–H and O–H groups in total. The molecule has 0 amide bonds. The van der Waals surface area contributed by atoms with Crippen LogP contribution in [0.15, 0.2) is 24.3 Å². The summed E-state index contributed by atoms with van der Waals surface area (Å²) in [5.41, 5.74) is 2.80. The predicted molar refractivity (Wildman–Crippen MR) is 68.0 cm³/mol. The van der Waals surface area contributed by atoms with Crippen molar-refractivity contribution in [2.75, 3.05) is 0 Å². The van der Waals surface area contributed by atoms with E-state index >= 15 is 0 Å². The maximum atomic E-state index is 2.38. The van der Waals surface area contributed by atoms with Gasteiger partial charge >= 0.3 is 0 Å². The maximum Gasteiger partial charge on any atom is -0.00904 e. The van der Waals surface area contributed by atoms with Gasteiger partial charge in [0.25, 0.3) is 0 Å². The lowest BCUT2D eigenvalue weighted by molar-refractivity contribution is 0.631. The summed E-state index contributed by atoms with van der Waals surface area (Å²) in [6.45, 7) is 4.45. The zero-order chi connectivity index (χ0) is 10.9. The SMILES string of the molecule is CCCCCCC[CH]c1ccccc1C. The Hall–Kier alpha value is -0.780. The van der Waals surface area contributed by atoms with Gasteiger partial charge in [0.1, 0.15) is 0 Å². The maximum absolute atomic E-state index is 2.38. The molecular weight excluding hydrogens is 180 g/mol. The first kappa shape index (κ1) is 12.3. The fraction of sp³-hybridized carbons (Fsp3) is 0.533. The van der Waals surface area contributed by atoms with Crippen LogP contribution in [0, 0.1) is 13.3 Å². The molecule has 1 rings (SSSR count). The first-order valence-electron chi connectivity index (χ1n) is 6.23. The Bertz CT molecular complexity index is 262. The largest absolute Gasteiger partial charge is 0.0654 e. The summed E-state index contributed by atoms with van der Waals surface area (Å²) in [6.07, 6.45) is 10.5. The van der Waals surface area contributed by atoms with Crippen molar-refractivity contribution in [1.82, 2.24) is 0 Å². The minimum absolute atomic E-state index is 1.23. The van der Waals surface area contributed by atoms with Crippen LogP contribution < -0.4 is 0 Å². The molecule has 0 saturated heterocycles. The average molecular weight is 203 g/mol. The molecule has 0 aliphatic rings. The number of hydrogen-bond acceptors (Lipinski definition) is 0. The van der Waals surface area contributed by atoms with Gasteiger partial charge in [0.15, 0.2) is 0 Å². The second-order valence-corrected chi connectivity index (χ2v) is 4.26. The van der Waals surface area contributed by atoms with Crippen LogP contribution in [0.4, 0.5) is 0 Å². The summed E-state index contributed by atoms with van der Waals surface area (Å²) in [4.78, 5) is 0. The molecule has 0 saturated carbocycles. The third-order valence-electron chi connectivity index (χ3n) is 2.86. The quantitative estimate of drug-likeness (QED) is 0.552. The lowest BCUT2D eigenvalue weighted by Gasteiger charge is -2.04. The van der Waals surface area contributed by atoms with E-state index in [1.807, 2.05) is 0 Å². The molecule has 0 atom stereocenters. The van der Waals surface area contributed by atoms with E-state index in [1.165, 1.54) is 49.7 Å². The summed E-state index contributed by atoms with van der Waals surface area (Å²) in [6, 6.07) is 8.62. The molecule has 0 fully saturated rings. The number of hydrogen-bond donors (Lipinski definition) is 0. The minimum Gasteiger partial charge on any atom is -0.0654 e. The van der Waals surface area contributed by atoms with Gasteiger partial charge < -0.3 is 0 Å². The molecule has 0 aliphatic heterocycles. The van der Waals surface area contributed by atoms with Crippen molar-refractivity contribution in [3.8, 4) is 0 Å². The molecule has 1 aromatic carbocycles. The highest BCUT2D eigenvalue weighted by Crippen LogP contribution is 2.14. The number of unbranched alkanes of at least 4 members (excludes halogenated alkanes) is 5. The van der Waals surface area contributed by atoms with E-state index in [4.69, 9.17) is 0 Å². The van der Waals surface area contributed by atoms with Crippen LogP contribution in [-0.2, 0) is 0 Å². The fourth-order valence-electron chi connectivity index (χ4n) is 1.82. The molecule has 0 heterocycles. The smallest absolute Gasteiger partial charge is 0.00904 e. The highest BCUT2D eigenvalue weighted by atomic mass is 14.0. The normalized spacial score (nSPS) is 10.5. The van der Waals surface area contributed by atoms with E-state index in [-0.39, 0.29) is 0 Å². The standard InChI is InChI=1S/C15H23/c1-3-4-5-6-7-8-12-15-13-10-9-11-14(15)2/h9-13H,3-8H2,1-2H3. The molecule has 0 aliphatic carbocycles. The average Bonchev–Trinajstić information content (AvgIpc) is 2.25. The Kier molecular flexibility index (Phi) is 6.15. The molecule has 83 valence electrons. The van der Waals surface area contributed by atoms with Gasteiger partial charge in [-0.15, -0.1) is 0 Å². The van der Waals surface area contributed by atoms with Crippen LogP contribution in [-0.4, -0.2) is 0 Å². The monoisotopic (exact) mass is 203 g/mol. The number of aryl methyl sites for hydroxylation is 1. The van der Waals surface area contributed by atoms with Crippen LogP contribution in [0.2, 0.25) is 0 Å². The number of benzene rings is 1. The van der Waals surface area contributed by atoms with E-state index in [9.17, 15) is 0 Å². The Balaban J connectivity index is 2.12. The second kappa shape index (κ2) is 7.50. The van der Waals surface area contributed by atoms with Crippen molar-refractivity contribution in [2.45, 2.75) is 52.4 Å². The topological polar surface area (TPSA) is 0 Å². The van der Waals surface area contributed by atoms with Crippen LogP contribution in [0.5, 0.6) is 0 Å². The Morgan fingerprint density at radius 3 is 2.47 bits per heavy atom. The van der Waals surface area contributed by atoms with Gasteiger partial charge in [0, 0.05) is 0 Å². The molecule has 0 nitrogen and oxygen atoms in total. The third kappa shape index (κ3) is 5.01. The lowest BCUT2D eigenvalue weighted by atomic mass is 10.0. The Morgan fingerprint density at radius 2 is 1.73 bits per heavy atom. The Labute approximate surface area is 94.7 Å². The van der Waals surface area contributed by atoms with Crippen molar-refractivity contribution < 1.29 is 0 Å². The van der Waals surface area contributed by atoms with Crippen molar-refractivity contribution in [1.29, 1.82) is 0 Å². The second-order valence-electron chi connectivity index (χ2n) is 4.26. The van der Waals surface area contributed by atoms with Gasteiger partial charge in [-0.2, -0.15) is 0 Å². The molecular formula is C15H23. The molecule has 0 spiro atoms. The third-order valence-corrected chi connectivity index (χ3v) is 2.86. The van der Waals surface area contributed by atoms with Crippen LogP contribution in [0.3, 0.4) is 0 Å². The number of rotatable bonds is 7. The highest BCUT2D eigenvalue weighted by Gasteiger charge is 1.97.